The molecule has 7 nitrogen and oxygen atoms in total. The van der Waals surface area contributed by atoms with E-state index in [9.17, 15) is 26.4 Å². The standard InChI is InChI=1S/C22H26F3N3O4S/c1-26(2)33(30,31)18-10-11-20(28-12-4-5-13-28)19(14-18)21(29)27(3)15-16-6-8-17(9-7-16)32-22(23,24)25/h6-11,14H,4-5,12-13,15H2,1-3H3. The third-order valence-electron chi connectivity index (χ3n) is 5.35. The Hall–Kier alpha value is -2.79. The van der Waals surface area contributed by atoms with Gasteiger partial charge in [-0.1, -0.05) is 12.1 Å². The number of sulfonamides is 1. The summed E-state index contributed by atoms with van der Waals surface area (Å²) in [5.41, 5.74) is 1.52. The van der Waals surface area contributed by atoms with Gasteiger partial charge >= 0.3 is 6.36 Å². The average Bonchev–Trinajstić information content (AvgIpc) is 3.27. The Morgan fingerprint density at radius 2 is 1.64 bits per heavy atom. The summed E-state index contributed by atoms with van der Waals surface area (Å²) in [5, 5.41) is 0. The van der Waals surface area contributed by atoms with Gasteiger partial charge in [-0.05, 0) is 48.7 Å². The number of alkyl halides is 3. The zero-order valence-corrected chi connectivity index (χ0v) is 19.4. The molecule has 0 unspecified atom stereocenters. The van der Waals surface area contributed by atoms with E-state index in [1.165, 1.54) is 55.4 Å². The van der Waals surface area contributed by atoms with Gasteiger partial charge in [-0.3, -0.25) is 4.79 Å². The second kappa shape index (κ2) is 9.60. The molecule has 1 aliphatic heterocycles. The highest BCUT2D eigenvalue weighted by atomic mass is 32.2. The monoisotopic (exact) mass is 485 g/mol. The molecule has 1 saturated heterocycles. The molecule has 33 heavy (non-hydrogen) atoms. The number of rotatable bonds is 7. The topological polar surface area (TPSA) is 70.2 Å². The zero-order valence-electron chi connectivity index (χ0n) is 18.6. The molecule has 180 valence electrons. The summed E-state index contributed by atoms with van der Waals surface area (Å²) in [6.07, 6.45) is -2.82. The Bertz CT molecular complexity index is 1100. The van der Waals surface area contributed by atoms with Crippen LogP contribution in [0.3, 0.4) is 0 Å². The van der Waals surface area contributed by atoms with E-state index in [0.29, 0.717) is 11.3 Å². The normalized spacial score (nSPS) is 14.6. The summed E-state index contributed by atoms with van der Waals surface area (Å²) in [4.78, 5) is 16.8. The summed E-state index contributed by atoms with van der Waals surface area (Å²) in [7, 11) is 0.660. The fourth-order valence-corrected chi connectivity index (χ4v) is 4.57. The molecule has 0 aliphatic carbocycles. The minimum absolute atomic E-state index is 0.0147. The van der Waals surface area contributed by atoms with Crippen LogP contribution < -0.4 is 9.64 Å². The first-order valence-corrected chi connectivity index (χ1v) is 11.7. The Balaban J connectivity index is 1.87. The van der Waals surface area contributed by atoms with E-state index < -0.39 is 16.4 Å². The van der Waals surface area contributed by atoms with Crippen LogP contribution in [0.5, 0.6) is 5.75 Å². The number of benzene rings is 2. The Morgan fingerprint density at radius 1 is 1.03 bits per heavy atom. The van der Waals surface area contributed by atoms with Gasteiger partial charge in [-0.2, -0.15) is 0 Å². The van der Waals surface area contributed by atoms with E-state index in [-0.39, 0.29) is 28.7 Å². The first-order chi connectivity index (χ1) is 15.4. The van der Waals surface area contributed by atoms with Crippen LogP contribution in [0.2, 0.25) is 0 Å². The molecule has 1 heterocycles. The van der Waals surface area contributed by atoms with E-state index in [0.717, 1.165) is 30.2 Å². The van der Waals surface area contributed by atoms with Gasteiger partial charge in [0.15, 0.2) is 0 Å². The van der Waals surface area contributed by atoms with Crippen molar-refractivity contribution in [3.63, 3.8) is 0 Å². The molecule has 1 aliphatic rings. The van der Waals surface area contributed by atoms with E-state index in [2.05, 4.69) is 9.64 Å². The van der Waals surface area contributed by atoms with Crippen molar-refractivity contribution in [1.29, 1.82) is 0 Å². The number of halogens is 3. The molecule has 0 saturated carbocycles. The van der Waals surface area contributed by atoms with Gasteiger partial charge in [-0.15, -0.1) is 13.2 Å². The third kappa shape index (κ3) is 5.97. The lowest BCUT2D eigenvalue weighted by Gasteiger charge is -2.25. The summed E-state index contributed by atoms with van der Waals surface area (Å²) < 4.78 is 67.3. The highest BCUT2D eigenvalue weighted by molar-refractivity contribution is 7.89. The van der Waals surface area contributed by atoms with Crippen molar-refractivity contribution in [2.75, 3.05) is 39.1 Å². The summed E-state index contributed by atoms with van der Waals surface area (Å²) in [6.45, 7) is 1.66. The Kier molecular flexibility index (Phi) is 7.23. The second-order valence-electron chi connectivity index (χ2n) is 8.01. The number of hydrogen-bond donors (Lipinski definition) is 0. The molecule has 1 amide bonds. The van der Waals surface area contributed by atoms with Gasteiger partial charge in [0.2, 0.25) is 10.0 Å². The van der Waals surface area contributed by atoms with Crippen molar-refractivity contribution in [1.82, 2.24) is 9.21 Å². The quantitative estimate of drug-likeness (QED) is 0.598. The lowest BCUT2D eigenvalue weighted by atomic mass is 10.1. The van der Waals surface area contributed by atoms with Crippen molar-refractivity contribution >= 4 is 21.6 Å². The Morgan fingerprint density at radius 3 is 2.18 bits per heavy atom. The summed E-state index contributed by atoms with van der Waals surface area (Å²) in [5.74, 6) is -0.735. The van der Waals surface area contributed by atoms with Crippen LogP contribution in [-0.2, 0) is 16.6 Å². The van der Waals surface area contributed by atoms with Crippen LogP contribution in [0.15, 0.2) is 47.4 Å². The van der Waals surface area contributed by atoms with E-state index in [1.807, 2.05) is 0 Å². The number of carbonyl (C=O) groups excluding carboxylic acids is 1. The first-order valence-electron chi connectivity index (χ1n) is 10.3. The average molecular weight is 486 g/mol. The maximum Gasteiger partial charge on any atom is 0.573 e. The molecule has 0 spiro atoms. The predicted molar refractivity (Wildman–Crippen MR) is 118 cm³/mol. The molecule has 2 aromatic carbocycles. The largest absolute Gasteiger partial charge is 0.573 e. The molecule has 0 atom stereocenters. The zero-order chi connectivity index (χ0) is 24.4. The minimum Gasteiger partial charge on any atom is -0.406 e. The van der Waals surface area contributed by atoms with E-state index in [1.54, 1.807) is 13.1 Å². The van der Waals surface area contributed by atoms with Crippen molar-refractivity contribution in [3.8, 4) is 5.75 Å². The van der Waals surface area contributed by atoms with E-state index in [4.69, 9.17) is 0 Å². The number of ether oxygens (including phenoxy) is 1. The van der Waals surface area contributed by atoms with Crippen molar-refractivity contribution in [3.05, 3.63) is 53.6 Å². The van der Waals surface area contributed by atoms with Gasteiger partial charge in [0.1, 0.15) is 5.75 Å². The van der Waals surface area contributed by atoms with Gasteiger partial charge in [-0.25, -0.2) is 12.7 Å². The van der Waals surface area contributed by atoms with Crippen molar-refractivity contribution in [2.45, 2.75) is 30.6 Å². The minimum atomic E-state index is -4.78. The Labute approximate surface area is 191 Å². The lowest BCUT2D eigenvalue weighted by molar-refractivity contribution is -0.274. The summed E-state index contributed by atoms with van der Waals surface area (Å²) >= 11 is 0. The first kappa shape index (κ1) is 24.8. The van der Waals surface area contributed by atoms with Gasteiger partial charge in [0.05, 0.1) is 10.5 Å². The van der Waals surface area contributed by atoms with Crippen LogP contribution in [0, 0.1) is 0 Å². The number of amides is 1. The van der Waals surface area contributed by atoms with Crippen LogP contribution >= 0.6 is 0 Å². The van der Waals surface area contributed by atoms with Crippen molar-refractivity contribution in [2.24, 2.45) is 0 Å². The number of nitrogens with zero attached hydrogens (tertiary/aromatic N) is 3. The predicted octanol–water partition coefficient (Wildman–Crippen LogP) is 3.71. The maximum atomic E-state index is 13.3. The second-order valence-corrected chi connectivity index (χ2v) is 10.2. The fraction of sp³-hybridized carbons (Fsp3) is 0.409. The van der Waals surface area contributed by atoms with Gasteiger partial charge < -0.3 is 14.5 Å². The van der Waals surface area contributed by atoms with E-state index >= 15 is 0 Å². The third-order valence-corrected chi connectivity index (χ3v) is 7.16. The number of anilines is 1. The molecule has 0 aromatic heterocycles. The lowest BCUT2D eigenvalue weighted by Crippen LogP contribution is -2.30. The van der Waals surface area contributed by atoms with Crippen LogP contribution in [0.25, 0.3) is 0 Å². The van der Waals surface area contributed by atoms with Crippen LogP contribution in [0.1, 0.15) is 28.8 Å². The summed E-state index contributed by atoms with van der Waals surface area (Å²) in [6, 6.07) is 9.80. The SMILES string of the molecule is CN(Cc1ccc(OC(F)(F)F)cc1)C(=O)c1cc(S(=O)(=O)N(C)C)ccc1N1CCCC1. The number of hydrogen-bond acceptors (Lipinski definition) is 5. The molecular formula is C22H26F3N3O4S. The maximum absolute atomic E-state index is 13.3. The molecule has 0 radical (unpaired) electrons. The molecule has 0 N–H and O–H groups in total. The fourth-order valence-electron chi connectivity index (χ4n) is 3.64. The molecule has 0 bridgehead atoms. The highest BCUT2D eigenvalue weighted by Crippen LogP contribution is 2.29. The van der Waals surface area contributed by atoms with Gasteiger partial charge in [0.25, 0.3) is 5.91 Å². The highest BCUT2D eigenvalue weighted by Gasteiger charge is 2.31. The van der Waals surface area contributed by atoms with Crippen LogP contribution in [-0.4, -0.2) is 64.1 Å². The molecule has 3 rings (SSSR count). The smallest absolute Gasteiger partial charge is 0.406 e. The number of carbonyl (C=O) groups is 1. The van der Waals surface area contributed by atoms with Gasteiger partial charge in [0, 0.05) is 46.5 Å². The molecule has 1 fully saturated rings. The molecule has 11 heteroatoms. The van der Waals surface area contributed by atoms with Crippen LogP contribution in [0.4, 0.5) is 18.9 Å². The molecular weight excluding hydrogens is 459 g/mol. The van der Waals surface area contributed by atoms with Crippen molar-refractivity contribution < 1.29 is 31.1 Å². The molecule has 2 aromatic rings.